The molecule has 112 valence electrons. The Morgan fingerprint density at radius 2 is 1.91 bits per heavy atom. The van der Waals surface area contributed by atoms with Crippen LogP contribution in [0, 0.1) is 6.92 Å². The number of benzene rings is 2. The van der Waals surface area contributed by atoms with E-state index in [0.29, 0.717) is 5.84 Å². The monoisotopic (exact) mass is 357 g/mol. The molecule has 0 amide bonds. The van der Waals surface area contributed by atoms with Crippen LogP contribution >= 0.6 is 15.9 Å². The third kappa shape index (κ3) is 2.82. The highest BCUT2D eigenvalue weighted by molar-refractivity contribution is 9.10. The molecule has 0 spiro atoms. The van der Waals surface area contributed by atoms with Gasteiger partial charge in [0.2, 0.25) is 0 Å². The van der Waals surface area contributed by atoms with Crippen molar-refractivity contribution in [1.29, 1.82) is 0 Å². The minimum Gasteiger partial charge on any atom is -0.288 e. The maximum atomic E-state index is 10.6. The van der Waals surface area contributed by atoms with E-state index in [-0.39, 0.29) is 6.54 Å². The molecule has 0 atom stereocenters. The second-order valence-corrected chi connectivity index (χ2v) is 6.10. The summed E-state index contributed by atoms with van der Waals surface area (Å²) in [6.07, 6.45) is 0. The smallest absolute Gasteiger partial charge is 0.145 e. The molecule has 0 unspecified atom stereocenters. The molecule has 4 nitrogen and oxygen atoms in total. The van der Waals surface area contributed by atoms with Crippen molar-refractivity contribution in [2.75, 3.05) is 13.6 Å². The summed E-state index contributed by atoms with van der Waals surface area (Å²) >= 11 is 3.49. The lowest BCUT2D eigenvalue weighted by Gasteiger charge is -2.19. The first-order valence-corrected chi connectivity index (χ1v) is 7.75. The topological polar surface area (TPSA) is 48.2 Å². The number of aliphatic imine (C=N–C) groups is 1. The highest BCUT2D eigenvalue weighted by atomic mass is 79.9. The third-order valence-corrected chi connectivity index (χ3v) is 4.09. The number of amidine groups is 1. The van der Waals surface area contributed by atoms with Crippen molar-refractivity contribution in [2.45, 2.75) is 6.92 Å². The molecule has 1 aliphatic heterocycles. The van der Waals surface area contributed by atoms with Crippen molar-refractivity contribution in [3.05, 3.63) is 68.6 Å². The van der Waals surface area contributed by atoms with Crippen LogP contribution in [0.25, 0.3) is 5.70 Å². The van der Waals surface area contributed by atoms with E-state index in [1.54, 1.807) is 7.05 Å². The fraction of sp³-hybridized carbons (Fsp3) is 0.176. The van der Waals surface area contributed by atoms with E-state index in [0.717, 1.165) is 26.3 Å². The summed E-state index contributed by atoms with van der Waals surface area (Å²) in [5.41, 5.74) is 2.86. The van der Waals surface area contributed by atoms with E-state index >= 15 is 0 Å². The predicted octanol–water partition coefficient (Wildman–Crippen LogP) is 2.27. The molecule has 0 radical (unpaired) electrons. The Bertz CT molecular complexity index is 856. The van der Waals surface area contributed by atoms with E-state index in [4.69, 9.17) is 0 Å². The quantitative estimate of drug-likeness (QED) is 0.850. The van der Waals surface area contributed by atoms with Crippen LogP contribution in [-0.2, 0) is 0 Å². The van der Waals surface area contributed by atoms with E-state index in [1.807, 2.05) is 49.4 Å². The summed E-state index contributed by atoms with van der Waals surface area (Å²) in [5, 5.41) is 13.4. The van der Waals surface area contributed by atoms with Gasteiger partial charge in [-0.05, 0) is 25.1 Å². The van der Waals surface area contributed by atoms with Crippen molar-refractivity contribution < 1.29 is 5.21 Å². The Labute approximate surface area is 137 Å². The van der Waals surface area contributed by atoms with Crippen LogP contribution in [0.1, 0.15) is 11.1 Å². The average Bonchev–Trinajstić information content (AvgIpc) is 2.64. The third-order valence-electron chi connectivity index (χ3n) is 3.60. The molecular weight excluding hydrogens is 342 g/mol. The second kappa shape index (κ2) is 6.02. The lowest BCUT2D eigenvalue weighted by atomic mass is 10.1. The molecule has 1 N–H and O–H groups in total. The van der Waals surface area contributed by atoms with E-state index < -0.39 is 0 Å². The molecule has 0 aromatic heterocycles. The van der Waals surface area contributed by atoms with Gasteiger partial charge in [-0.2, -0.15) is 0 Å². The van der Waals surface area contributed by atoms with Gasteiger partial charge in [-0.15, -0.1) is 0 Å². The van der Waals surface area contributed by atoms with Crippen LogP contribution < -0.4 is 10.6 Å². The maximum Gasteiger partial charge on any atom is 0.145 e. The minimum absolute atomic E-state index is 0.256. The van der Waals surface area contributed by atoms with Crippen LogP contribution in [0.3, 0.4) is 0 Å². The normalized spacial score (nSPS) is 16.3. The van der Waals surface area contributed by atoms with Crippen molar-refractivity contribution >= 4 is 27.5 Å². The Balaban J connectivity index is 2.39. The summed E-state index contributed by atoms with van der Waals surface area (Å²) < 4.78 is 0.941. The first kappa shape index (κ1) is 14.9. The van der Waals surface area contributed by atoms with Crippen molar-refractivity contribution in [3.8, 4) is 0 Å². The zero-order valence-corrected chi connectivity index (χ0v) is 14.0. The summed E-state index contributed by atoms with van der Waals surface area (Å²) in [6.45, 7) is 2.30. The van der Waals surface area contributed by atoms with Gasteiger partial charge in [-0.3, -0.25) is 10.2 Å². The zero-order valence-electron chi connectivity index (χ0n) is 12.4. The van der Waals surface area contributed by atoms with Crippen molar-refractivity contribution in [1.82, 2.24) is 5.06 Å². The number of nitrogens with zero attached hydrogens (tertiary/aromatic N) is 3. The lowest BCUT2D eigenvalue weighted by Crippen LogP contribution is -2.32. The Kier molecular flexibility index (Phi) is 4.09. The maximum absolute atomic E-state index is 10.6. The number of hydrogen-bond acceptors (Lipinski definition) is 3. The first-order valence-electron chi connectivity index (χ1n) is 6.96. The molecule has 0 aliphatic carbocycles. The van der Waals surface area contributed by atoms with Gasteiger partial charge in [0.05, 0.1) is 11.1 Å². The van der Waals surface area contributed by atoms with Gasteiger partial charge in [0.15, 0.2) is 0 Å². The largest absolute Gasteiger partial charge is 0.288 e. The fourth-order valence-corrected chi connectivity index (χ4v) is 2.82. The number of halogens is 1. The van der Waals surface area contributed by atoms with E-state index in [1.165, 1.54) is 10.6 Å². The molecular formula is C17H16BrN3O. The van der Waals surface area contributed by atoms with Gasteiger partial charge in [0.25, 0.3) is 0 Å². The molecule has 1 aliphatic rings. The van der Waals surface area contributed by atoms with Crippen LogP contribution in [0.5, 0.6) is 0 Å². The number of aryl methyl sites for hydroxylation is 1. The Morgan fingerprint density at radius 3 is 2.59 bits per heavy atom. The molecule has 0 saturated carbocycles. The van der Waals surface area contributed by atoms with Gasteiger partial charge in [0.1, 0.15) is 12.4 Å². The number of fused-ring (bicyclic) bond motifs is 1. The number of hydroxylamine groups is 2. The summed E-state index contributed by atoms with van der Waals surface area (Å²) in [7, 11) is 1.68. The lowest BCUT2D eigenvalue weighted by molar-refractivity contribution is -0.0119. The van der Waals surface area contributed by atoms with Crippen molar-refractivity contribution in [2.24, 2.45) is 9.98 Å². The predicted molar refractivity (Wildman–Crippen MR) is 90.5 cm³/mol. The van der Waals surface area contributed by atoms with Gasteiger partial charge in [-0.25, -0.2) is 10.1 Å². The molecule has 22 heavy (non-hydrogen) atoms. The minimum atomic E-state index is 0.256. The van der Waals surface area contributed by atoms with Crippen LogP contribution in [0.15, 0.2) is 56.9 Å². The SMILES string of the molecule is CN=C1CN(O)C(c2ccc(C)cc2)=c2cc(Br)ccc2=N1. The van der Waals surface area contributed by atoms with Crippen molar-refractivity contribution in [3.63, 3.8) is 0 Å². The molecule has 5 heteroatoms. The molecule has 0 bridgehead atoms. The Hall–Kier alpha value is -1.98. The van der Waals surface area contributed by atoms with Gasteiger partial charge < -0.3 is 0 Å². The van der Waals surface area contributed by atoms with Gasteiger partial charge in [-0.1, -0.05) is 45.8 Å². The molecule has 0 fully saturated rings. The summed E-state index contributed by atoms with van der Waals surface area (Å²) in [5.74, 6) is 0.591. The zero-order chi connectivity index (χ0) is 15.7. The van der Waals surface area contributed by atoms with E-state index in [9.17, 15) is 5.21 Å². The second-order valence-electron chi connectivity index (χ2n) is 5.19. The highest BCUT2D eigenvalue weighted by Gasteiger charge is 2.17. The van der Waals surface area contributed by atoms with Gasteiger partial charge >= 0.3 is 0 Å². The molecule has 2 aromatic carbocycles. The van der Waals surface area contributed by atoms with Crippen LogP contribution in [0.2, 0.25) is 0 Å². The number of hydrogen-bond donors (Lipinski definition) is 1. The molecule has 2 aromatic rings. The Morgan fingerprint density at radius 1 is 1.18 bits per heavy atom. The van der Waals surface area contributed by atoms with Crippen LogP contribution in [-0.4, -0.2) is 29.7 Å². The van der Waals surface area contributed by atoms with Crippen LogP contribution in [0.4, 0.5) is 0 Å². The molecule has 0 saturated heterocycles. The summed E-state index contributed by atoms with van der Waals surface area (Å²) in [4.78, 5) is 8.69. The average molecular weight is 358 g/mol. The van der Waals surface area contributed by atoms with E-state index in [2.05, 4.69) is 25.9 Å². The number of rotatable bonds is 1. The molecule has 1 heterocycles. The highest BCUT2D eigenvalue weighted by Crippen LogP contribution is 2.17. The fourth-order valence-electron chi connectivity index (χ4n) is 2.46. The van der Waals surface area contributed by atoms with Gasteiger partial charge in [0, 0.05) is 22.3 Å². The standard InChI is InChI=1S/C17H16BrN3O/c1-11-3-5-12(6-4-11)17-14-9-13(18)7-8-15(14)20-16(19-2)10-21(17)22/h3-9,22H,10H2,1-2H3. The first-order chi connectivity index (χ1) is 10.6. The summed E-state index contributed by atoms with van der Waals surface area (Å²) in [6, 6.07) is 13.9. The molecule has 3 rings (SSSR count).